The van der Waals surface area contributed by atoms with E-state index in [2.05, 4.69) is 244 Å². The molecule has 0 radical (unpaired) electrons. The molecule has 9 aromatic rings. The van der Waals surface area contributed by atoms with E-state index in [9.17, 15) is 0 Å². The predicted molar refractivity (Wildman–Crippen MR) is 252 cm³/mol. The van der Waals surface area contributed by atoms with Crippen LogP contribution in [-0.2, 0) is 10.8 Å². The first-order valence-electron chi connectivity index (χ1n) is 21.1. The summed E-state index contributed by atoms with van der Waals surface area (Å²) in [5.41, 5.74) is 22.4. The lowest BCUT2D eigenvalue weighted by atomic mass is 9.74. The summed E-state index contributed by atoms with van der Waals surface area (Å²) in [6, 6.07) is 80.5. The van der Waals surface area contributed by atoms with E-state index < -0.39 is 0 Å². The number of hydrogen-bond donors (Lipinski definition) is 0. The fourth-order valence-corrected chi connectivity index (χ4v) is 10.2. The number of nitrogens with zero attached hydrogens (tertiary/aromatic N) is 1. The minimum absolute atomic E-state index is 0.0938. The van der Waals surface area contributed by atoms with E-state index in [1.807, 2.05) is 0 Å². The van der Waals surface area contributed by atoms with E-state index in [1.165, 1.54) is 89.1 Å². The summed E-state index contributed by atoms with van der Waals surface area (Å²) >= 11 is 0. The molecule has 0 aromatic heterocycles. The summed E-state index contributed by atoms with van der Waals surface area (Å²) in [6.07, 6.45) is 0. The first-order chi connectivity index (χ1) is 29.4. The van der Waals surface area contributed by atoms with Crippen LogP contribution < -0.4 is 4.90 Å². The van der Waals surface area contributed by atoms with Crippen LogP contribution in [0.3, 0.4) is 0 Å². The molecule has 0 aliphatic heterocycles. The van der Waals surface area contributed by atoms with Crippen LogP contribution in [0.15, 0.2) is 218 Å². The van der Waals surface area contributed by atoms with Crippen LogP contribution in [0.2, 0.25) is 0 Å². The zero-order valence-corrected chi connectivity index (χ0v) is 34.2. The highest BCUT2D eigenvalue weighted by Crippen LogP contribution is 2.55. The van der Waals surface area contributed by atoms with Crippen LogP contribution in [0.5, 0.6) is 0 Å². The fraction of sp³-hybridized carbons (Fsp3) is 0.0847. The Kier molecular flexibility index (Phi) is 8.36. The van der Waals surface area contributed by atoms with Crippen molar-refractivity contribution in [3.8, 4) is 55.6 Å². The molecule has 0 spiro atoms. The van der Waals surface area contributed by atoms with Crippen molar-refractivity contribution < 1.29 is 0 Å². The van der Waals surface area contributed by atoms with Gasteiger partial charge in [0.15, 0.2) is 0 Å². The molecule has 2 aliphatic carbocycles. The molecule has 1 nitrogen and oxygen atoms in total. The van der Waals surface area contributed by atoms with E-state index in [0.717, 1.165) is 11.4 Å². The number of benzene rings is 9. The van der Waals surface area contributed by atoms with Gasteiger partial charge in [-0.3, -0.25) is 0 Å². The van der Waals surface area contributed by atoms with Crippen molar-refractivity contribution in [2.75, 3.05) is 4.90 Å². The average molecular weight is 768 g/mol. The van der Waals surface area contributed by atoms with Crippen molar-refractivity contribution in [1.29, 1.82) is 0 Å². The van der Waals surface area contributed by atoms with Crippen molar-refractivity contribution in [3.05, 3.63) is 246 Å². The standard InChI is InChI=1S/C59H45N/c1-58(2)52-24-12-11-23-50(52)57-55(58)26-15-27-56(57)60(47-33-28-41(29-34-47)40-16-6-4-7-17-40)48-35-30-42(31-36-48)43-18-14-19-44(38-43)45-32-37-54-51(39-45)49-22-10-13-25-53(49)59(54,3)46-20-8-5-9-21-46/h4-39H,1-3H3. The maximum Gasteiger partial charge on any atom is 0.0543 e. The highest BCUT2D eigenvalue weighted by Gasteiger charge is 2.41. The van der Waals surface area contributed by atoms with Gasteiger partial charge >= 0.3 is 0 Å². The summed E-state index contributed by atoms with van der Waals surface area (Å²) < 4.78 is 0. The molecule has 0 fully saturated rings. The molecule has 0 saturated carbocycles. The Morgan fingerprint density at radius 3 is 1.48 bits per heavy atom. The van der Waals surface area contributed by atoms with Gasteiger partial charge in [0.2, 0.25) is 0 Å². The van der Waals surface area contributed by atoms with Gasteiger partial charge in [0, 0.05) is 27.8 Å². The van der Waals surface area contributed by atoms with Gasteiger partial charge < -0.3 is 4.90 Å². The van der Waals surface area contributed by atoms with E-state index in [0.29, 0.717) is 0 Å². The van der Waals surface area contributed by atoms with Gasteiger partial charge in [-0.25, -0.2) is 0 Å². The Bertz CT molecular complexity index is 3050. The van der Waals surface area contributed by atoms with Gasteiger partial charge in [-0.1, -0.05) is 190 Å². The van der Waals surface area contributed by atoms with Gasteiger partial charge in [-0.2, -0.15) is 0 Å². The van der Waals surface area contributed by atoms with E-state index in [-0.39, 0.29) is 10.8 Å². The smallest absolute Gasteiger partial charge is 0.0543 e. The second-order valence-corrected chi connectivity index (χ2v) is 17.0. The number of anilines is 3. The summed E-state index contributed by atoms with van der Waals surface area (Å²) in [7, 11) is 0. The van der Waals surface area contributed by atoms with Gasteiger partial charge in [0.05, 0.1) is 5.69 Å². The van der Waals surface area contributed by atoms with Crippen molar-refractivity contribution in [2.45, 2.75) is 31.6 Å². The molecule has 1 atom stereocenters. The Balaban J connectivity index is 0.978. The lowest BCUT2D eigenvalue weighted by molar-refractivity contribution is 0.660. The normalized spacial score (nSPS) is 15.4. The molecule has 286 valence electrons. The van der Waals surface area contributed by atoms with Gasteiger partial charge in [-0.15, -0.1) is 0 Å². The lowest BCUT2D eigenvalue weighted by Crippen LogP contribution is -2.22. The van der Waals surface area contributed by atoms with Crippen molar-refractivity contribution >= 4 is 17.1 Å². The number of fused-ring (bicyclic) bond motifs is 6. The highest BCUT2D eigenvalue weighted by atomic mass is 15.1. The second-order valence-electron chi connectivity index (χ2n) is 17.0. The molecule has 0 saturated heterocycles. The van der Waals surface area contributed by atoms with E-state index in [4.69, 9.17) is 0 Å². The quantitative estimate of drug-likeness (QED) is 0.156. The average Bonchev–Trinajstić information content (AvgIpc) is 3.72. The highest BCUT2D eigenvalue weighted by molar-refractivity contribution is 5.95. The van der Waals surface area contributed by atoms with Crippen LogP contribution in [0.1, 0.15) is 48.6 Å². The molecule has 1 heteroatoms. The number of hydrogen-bond acceptors (Lipinski definition) is 1. The van der Waals surface area contributed by atoms with Gasteiger partial charge in [-0.05, 0) is 127 Å². The first-order valence-corrected chi connectivity index (χ1v) is 21.1. The largest absolute Gasteiger partial charge is 0.310 e. The van der Waals surface area contributed by atoms with Crippen molar-refractivity contribution in [3.63, 3.8) is 0 Å². The number of rotatable bonds is 7. The van der Waals surface area contributed by atoms with E-state index in [1.54, 1.807) is 0 Å². The SMILES string of the molecule is CC1(C)c2ccccc2-c2c(N(c3ccc(-c4ccccc4)cc3)c3ccc(-c4cccc(-c5ccc6c(c5)-c5ccccc5C6(C)c5ccccc5)c4)cc3)cccc21. The Labute approximate surface area is 353 Å². The molecule has 1 unspecified atom stereocenters. The van der Waals surface area contributed by atoms with Crippen LogP contribution in [0, 0.1) is 0 Å². The summed E-state index contributed by atoms with van der Waals surface area (Å²) in [6.45, 7) is 7.09. The minimum atomic E-state index is -0.202. The fourth-order valence-electron chi connectivity index (χ4n) is 10.2. The maximum atomic E-state index is 2.44. The Morgan fingerprint density at radius 1 is 0.317 bits per heavy atom. The lowest BCUT2D eigenvalue weighted by Gasteiger charge is -2.29. The van der Waals surface area contributed by atoms with Crippen LogP contribution in [0.25, 0.3) is 55.6 Å². The van der Waals surface area contributed by atoms with E-state index >= 15 is 0 Å². The summed E-state index contributed by atoms with van der Waals surface area (Å²) in [4.78, 5) is 2.44. The van der Waals surface area contributed by atoms with Crippen LogP contribution in [-0.4, -0.2) is 0 Å². The zero-order chi connectivity index (χ0) is 40.4. The third-order valence-corrected chi connectivity index (χ3v) is 13.4. The maximum absolute atomic E-state index is 2.44. The molecule has 0 amide bonds. The molecular weight excluding hydrogens is 723 g/mol. The summed E-state index contributed by atoms with van der Waals surface area (Å²) in [5, 5.41) is 0. The topological polar surface area (TPSA) is 3.24 Å². The molecule has 9 aromatic carbocycles. The van der Waals surface area contributed by atoms with Gasteiger partial charge in [0.1, 0.15) is 0 Å². The second kappa shape index (κ2) is 14.0. The molecule has 0 heterocycles. The summed E-state index contributed by atoms with van der Waals surface area (Å²) in [5.74, 6) is 0. The van der Waals surface area contributed by atoms with Crippen molar-refractivity contribution in [2.24, 2.45) is 0 Å². The van der Waals surface area contributed by atoms with Crippen LogP contribution in [0.4, 0.5) is 17.1 Å². The Hall–Kier alpha value is -7.22. The minimum Gasteiger partial charge on any atom is -0.310 e. The molecule has 0 N–H and O–H groups in total. The Morgan fingerprint density at radius 2 is 0.783 bits per heavy atom. The third-order valence-electron chi connectivity index (χ3n) is 13.4. The molecular formula is C59H45N. The zero-order valence-electron chi connectivity index (χ0n) is 34.2. The van der Waals surface area contributed by atoms with Gasteiger partial charge in [0.25, 0.3) is 0 Å². The molecule has 2 aliphatic rings. The predicted octanol–water partition coefficient (Wildman–Crippen LogP) is 15.8. The third kappa shape index (κ3) is 5.61. The first kappa shape index (κ1) is 35.9. The monoisotopic (exact) mass is 767 g/mol. The van der Waals surface area contributed by atoms with Crippen molar-refractivity contribution in [1.82, 2.24) is 0 Å². The van der Waals surface area contributed by atoms with Crippen LogP contribution >= 0.6 is 0 Å². The molecule has 11 rings (SSSR count). The molecule has 60 heavy (non-hydrogen) atoms. The molecule has 0 bridgehead atoms.